The summed E-state index contributed by atoms with van der Waals surface area (Å²) >= 11 is 1.65. The fraction of sp³-hybridized carbons (Fsp3) is 0.524. The van der Waals surface area contributed by atoms with Crippen molar-refractivity contribution in [2.24, 2.45) is 10.4 Å². The molecule has 28 heavy (non-hydrogen) atoms. The Morgan fingerprint density at radius 2 is 2.00 bits per heavy atom. The summed E-state index contributed by atoms with van der Waals surface area (Å²) in [5.74, 6) is 0.499. The molecule has 152 valence electrons. The zero-order chi connectivity index (χ0) is 20.5. The first kappa shape index (κ1) is 20.6. The molecule has 3 rings (SSSR count). The van der Waals surface area contributed by atoms with Gasteiger partial charge in [-0.2, -0.15) is 0 Å². The highest BCUT2D eigenvalue weighted by Gasteiger charge is 2.40. The van der Waals surface area contributed by atoms with Gasteiger partial charge < -0.3 is 19.9 Å². The molecule has 0 amide bonds. The molecule has 0 saturated heterocycles. The number of hydrogen-bond acceptors (Lipinski definition) is 6. The van der Waals surface area contributed by atoms with E-state index in [9.17, 15) is 9.90 Å². The van der Waals surface area contributed by atoms with E-state index >= 15 is 0 Å². The number of hydrogen-bond donors (Lipinski definition) is 2. The molecule has 6 nitrogen and oxygen atoms in total. The first-order chi connectivity index (χ1) is 13.3. The van der Waals surface area contributed by atoms with Crippen molar-refractivity contribution in [3.8, 4) is 11.5 Å². The standard InChI is InChI=1S/C21H28N2O4S/c1-6-17-18(20(24)25)23-14-11-21(2,3)10-13(19(14)28-17)22-12-7-8-15(26-4)16(9-12)27-5/h7-9,17-18,22H,6,10-11H2,1-5H3,(H,24,25). The SMILES string of the molecule is CCC1SC2=C(Nc3ccc(OC)c(OC)c3)CC(C)(C)CC2=NC1C(=O)O. The molecule has 1 heterocycles. The van der Waals surface area contributed by atoms with Crippen LogP contribution in [0.5, 0.6) is 11.5 Å². The van der Waals surface area contributed by atoms with E-state index < -0.39 is 12.0 Å². The lowest BCUT2D eigenvalue weighted by atomic mass is 9.78. The number of aliphatic carboxylic acids is 1. The molecule has 1 aromatic rings. The molecule has 1 aromatic carbocycles. The predicted octanol–water partition coefficient (Wildman–Crippen LogP) is 4.57. The number of carbonyl (C=O) groups is 1. The van der Waals surface area contributed by atoms with Crippen LogP contribution in [0.2, 0.25) is 0 Å². The number of nitrogens with one attached hydrogen (secondary N) is 1. The molecule has 0 spiro atoms. The normalized spacial score (nSPS) is 23.5. The lowest BCUT2D eigenvalue weighted by molar-refractivity contribution is -0.138. The molecule has 7 heteroatoms. The molecule has 2 aliphatic rings. The first-order valence-corrected chi connectivity index (χ1v) is 10.3. The maximum absolute atomic E-state index is 11.7. The zero-order valence-electron chi connectivity index (χ0n) is 17.0. The Balaban J connectivity index is 2.00. The van der Waals surface area contributed by atoms with Crippen molar-refractivity contribution in [2.75, 3.05) is 19.5 Å². The number of nitrogens with zero attached hydrogens (tertiary/aromatic N) is 1. The highest BCUT2D eigenvalue weighted by molar-refractivity contribution is 8.04. The van der Waals surface area contributed by atoms with Gasteiger partial charge in [-0.15, -0.1) is 11.8 Å². The summed E-state index contributed by atoms with van der Waals surface area (Å²) in [5, 5.41) is 13.1. The molecule has 1 aliphatic carbocycles. The van der Waals surface area contributed by atoms with Crippen molar-refractivity contribution in [1.82, 2.24) is 0 Å². The summed E-state index contributed by atoms with van der Waals surface area (Å²) in [6, 6.07) is 5.07. The van der Waals surface area contributed by atoms with Crippen LogP contribution < -0.4 is 14.8 Å². The van der Waals surface area contributed by atoms with Crippen LogP contribution in [0, 0.1) is 5.41 Å². The summed E-state index contributed by atoms with van der Waals surface area (Å²) in [4.78, 5) is 17.4. The van der Waals surface area contributed by atoms with E-state index in [4.69, 9.17) is 9.47 Å². The van der Waals surface area contributed by atoms with Crippen LogP contribution in [-0.4, -0.2) is 42.3 Å². The van der Waals surface area contributed by atoms with Gasteiger partial charge in [-0.1, -0.05) is 20.8 Å². The van der Waals surface area contributed by atoms with E-state index in [1.807, 2.05) is 25.1 Å². The van der Waals surface area contributed by atoms with Crippen molar-refractivity contribution < 1.29 is 19.4 Å². The van der Waals surface area contributed by atoms with Crippen LogP contribution >= 0.6 is 11.8 Å². The molecule has 0 bridgehead atoms. The Morgan fingerprint density at radius 3 is 2.61 bits per heavy atom. The van der Waals surface area contributed by atoms with Crippen LogP contribution in [-0.2, 0) is 4.79 Å². The maximum atomic E-state index is 11.7. The number of fused-ring (bicyclic) bond motifs is 1. The van der Waals surface area contributed by atoms with Gasteiger partial charge in [-0.25, -0.2) is 4.79 Å². The van der Waals surface area contributed by atoms with E-state index in [0.717, 1.165) is 41.3 Å². The average molecular weight is 405 g/mol. The second-order valence-electron chi connectivity index (χ2n) is 7.94. The molecule has 0 saturated carbocycles. The van der Waals surface area contributed by atoms with E-state index in [0.29, 0.717) is 11.5 Å². The van der Waals surface area contributed by atoms with Crippen LogP contribution in [0.4, 0.5) is 5.69 Å². The third kappa shape index (κ3) is 4.14. The summed E-state index contributed by atoms with van der Waals surface area (Å²) < 4.78 is 10.7. The monoisotopic (exact) mass is 404 g/mol. The van der Waals surface area contributed by atoms with Gasteiger partial charge in [-0.05, 0) is 36.8 Å². The van der Waals surface area contributed by atoms with Crippen molar-refractivity contribution in [2.45, 2.75) is 51.3 Å². The molecule has 2 N–H and O–H groups in total. The summed E-state index contributed by atoms with van der Waals surface area (Å²) in [6.45, 7) is 6.40. The highest BCUT2D eigenvalue weighted by atomic mass is 32.2. The van der Waals surface area contributed by atoms with E-state index in [-0.39, 0.29) is 10.7 Å². The fourth-order valence-electron chi connectivity index (χ4n) is 3.75. The lowest BCUT2D eigenvalue weighted by Gasteiger charge is -2.38. The Labute approximate surface area is 170 Å². The lowest BCUT2D eigenvalue weighted by Crippen LogP contribution is -2.38. The number of aliphatic imine (C=N–C) groups is 1. The Kier molecular flexibility index (Phi) is 5.93. The van der Waals surface area contributed by atoms with Crippen molar-refractivity contribution in [3.05, 3.63) is 28.8 Å². The number of rotatable bonds is 6. The molecular weight excluding hydrogens is 376 g/mol. The van der Waals surface area contributed by atoms with Crippen LogP contribution in [0.1, 0.15) is 40.0 Å². The molecule has 2 atom stereocenters. The number of thioether (sulfide) groups is 1. The van der Waals surface area contributed by atoms with Crippen LogP contribution in [0.15, 0.2) is 33.8 Å². The molecule has 0 fully saturated rings. The number of ether oxygens (including phenoxy) is 2. The summed E-state index contributed by atoms with van der Waals surface area (Å²) in [6.07, 6.45) is 2.42. The minimum absolute atomic E-state index is 0.00386. The summed E-state index contributed by atoms with van der Waals surface area (Å²) in [5.41, 5.74) is 2.91. The zero-order valence-corrected chi connectivity index (χ0v) is 17.9. The second-order valence-corrected chi connectivity index (χ2v) is 9.19. The fourth-order valence-corrected chi connectivity index (χ4v) is 5.05. The van der Waals surface area contributed by atoms with Crippen molar-refractivity contribution in [3.63, 3.8) is 0 Å². The molecular formula is C21H28N2O4S. The Bertz CT molecular complexity index is 832. The molecule has 1 aliphatic heterocycles. The molecule has 0 aromatic heterocycles. The minimum atomic E-state index is -0.844. The van der Waals surface area contributed by atoms with Gasteiger partial charge in [0.15, 0.2) is 17.5 Å². The van der Waals surface area contributed by atoms with E-state index in [2.05, 4.69) is 24.2 Å². The number of methoxy groups -OCH3 is 2. The minimum Gasteiger partial charge on any atom is -0.493 e. The van der Waals surface area contributed by atoms with Gasteiger partial charge >= 0.3 is 5.97 Å². The number of anilines is 1. The Hall–Kier alpha value is -2.15. The van der Waals surface area contributed by atoms with Crippen molar-refractivity contribution >= 4 is 29.1 Å². The predicted molar refractivity (Wildman–Crippen MR) is 114 cm³/mol. The van der Waals surface area contributed by atoms with Gasteiger partial charge in [0.1, 0.15) is 0 Å². The van der Waals surface area contributed by atoms with Crippen LogP contribution in [0.25, 0.3) is 0 Å². The van der Waals surface area contributed by atoms with E-state index in [1.54, 1.807) is 26.0 Å². The van der Waals surface area contributed by atoms with Gasteiger partial charge in [0.25, 0.3) is 0 Å². The molecule has 0 radical (unpaired) electrons. The number of carboxylic acids is 1. The number of carboxylic acid groups (broad SMARTS) is 1. The van der Waals surface area contributed by atoms with Gasteiger partial charge in [-0.3, -0.25) is 4.99 Å². The largest absolute Gasteiger partial charge is 0.493 e. The third-order valence-corrected chi connectivity index (χ3v) is 6.70. The topological polar surface area (TPSA) is 80.1 Å². The third-order valence-electron chi connectivity index (χ3n) is 5.09. The quantitative estimate of drug-likeness (QED) is 0.723. The summed E-state index contributed by atoms with van der Waals surface area (Å²) in [7, 11) is 3.23. The first-order valence-electron chi connectivity index (χ1n) is 9.46. The number of benzene rings is 1. The second kappa shape index (κ2) is 8.07. The Morgan fingerprint density at radius 1 is 1.29 bits per heavy atom. The highest BCUT2D eigenvalue weighted by Crippen LogP contribution is 2.46. The smallest absolute Gasteiger partial charge is 0.329 e. The van der Waals surface area contributed by atoms with E-state index in [1.165, 1.54) is 0 Å². The van der Waals surface area contributed by atoms with Crippen molar-refractivity contribution in [1.29, 1.82) is 0 Å². The van der Waals surface area contributed by atoms with Gasteiger partial charge in [0.2, 0.25) is 0 Å². The van der Waals surface area contributed by atoms with Crippen LogP contribution in [0.3, 0.4) is 0 Å². The van der Waals surface area contributed by atoms with Gasteiger partial charge in [0.05, 0.1) is 19.9 Å². The molecule has 2 unspecified atom stereocenters. The van der Waals surface area contributed by atoms with Gasteiger partial charge in [0, 0.05) is 27.6 Å². The number of allylic oxidation sites excluding steroid dienone is 2. The maximum Gasteiger partial charge on any atom is 0.329 e. The average Bonchev–Trinajstić information content (AvgIpc) is 2.66.